The summed E-state index contributed by atoms with van der Waals surface area (Å²) in [6, 6.07) is 4.02. The fraction of sp³-hybridized carbons (Fsp3) is 0.333. The van der Waals surface area contributed by atoms with Crippen molar-refractivity contribution in [2.45, 2.75) is 26.2 Å². The van der Waals surface area contributed by atoms with Crippen LogP contribution in [0.15, 0.2) is 36.9 Å². The largest absolute Gasteiger partial charge is 0.338 e. The summed E-state index contributed by atoms with van der Waals surface area (Å²) < 4.78 is 1.67. The van der Waals surface area contributed by atoms with E-state index in [1.807, 2.05) is 30.3 Å². The first-order valence-electron chi connectivity index (χ1n) is 8.14. The zero-order valence-electron chi connectivity index (χ0n) is 13.8. The Balaban J connectivity index is 1.58. The van der Waals surface area contributed by atoms with E-state index in [4.69, 9.17) is 0 Å². The Kier molecular flexibility index (Phi) is 3.52. The normalized spacial score (nSPS) is 17.6. The SMILES string of the molecule is Cc1cnc2c(C(=O)N3CCC(c4ncccc4C)C3)cnn2c1. The predicted molar refractivity (Wildman–Crippen MR) is 90.0 cm³/mol. The van der Waals surface area contributed by atoms with E-state index in [1.165, 1.54) is 5.56 Å². The van der Waals surface area contributed by atoms with Crippen LogP contribution < -0.4 is 0 Å². The van der Waals surface area contributed by atoms with Crippen molar-refractivity contribution in [3.8, 4) is 0 Å². The number of pyridine rings is 1. The summed E-state index contributed by atoms with van der Waals surface area (Å²) in [6.07, 6.45) is 8.02. The number of nitrogens with zero attached hydrogens (tertiary/aromatic N) is 5. The van der Waals surface area contributed by atoms with E-state index < -0.39 is 0 Å². The lowest BCUT2D eigenvalue weighted by atomic mass is 10.0. The molecule has 6 heteroatoms. The highest BCUT2D eigenvalue weighted by Gasteiger charge is 2.31. The molecule has 0 N–H and O–H groups in total. The van der Waals surface area contributed by atoms with Crippen LogP contribution in [-0.2, 0) is 0 Å². The molecule has 24 heavy (non-hydrogen) atoms. The molecule has 4 heterocycles. The van der Waals surface area contributed by atoms with Crippen molar-refractivity contribution in [2.24, 2.45) is 0 Å². The Morgan fingerprint density at radius 2 is 2.12 bits per heavy atom. The molecule has 1 fully saturated rings. The topological polar surface area (TPSA) is 63.4 Å². The lowest BCUT2D eigenvalue weighted by molar-refractivity contribution is 0.0792. The monoisotopic (exact) mass is 321 g/mol. The summed E-state index contributed by atoms with van der Waals surface area (Å²) in [5, 5.41) is 4.26. The molecule has 1 atom stereocenters. The van der Waals surface area contributed by atoms with Gasteiger partial charge in [0.05, 0.1) is 6.20 Å². The van der Waals surface area contributed by atoms with E-state index >= 15 is 0 Å². The number of rotatable bonds is 2. The Labute approximate surface area is 140 Å². The van der Waals surface area contributed by atoms with Gasteiger partial charge in [0.15, 0.2) is 5.65 Å². The van der Waals surface area contributed by atoms with Gasteiger partial charge >= 0.3 is 0 Å². The smallest absolute Gasteiger partial charge is 0.259 e. The maximum Gasteiger partial charge on any atom is 0.259 e. The second-order valence-electron chi connectivity index (χ2n) is 6.40. The van der Waals surface area contributed by atoms with E-state index in [0.717, 1.165) is 24.2 Å². The molecule has 0 bridgehead atoms. The molecule has 6 nitrogen and oxygen atoms in total. The Morgan fingerprint density at radius 1 is 1.25 bits per heavy atom. The molecule has 0 aliphatic carbocycles. The van der Waals surface area contributed by atoms with Crippen LogP contribution in [0.4, 0.5) is 0 Å². The van der Waals surface area contributed by atoms with E-state index in [-0.39, 0.29) is 5.91 Å². The van der Waals surface area contributed by atoms with Crippen molar-refractivity contribution in [2.75, 3.05) is 13.1 Å². The third kappa shape index (κ3) is 2.44. The number of hydrogen-bond donors (Lipinski definition) is 0. The van der Waals surface area contributed by atoms with E-state index in [1.54, 1.807) is 16.9 Å². The molecule has 0 aromatic carbocycles. The van der Waals surface area contributed by atoms with Crippen molar-refractivity contribution < 1.29 is 4.79 Å². The van der Waals surface area contributed by atoms with Crippen molar-refractivity contribution in [3.05, 3.63) is 59.3 Å². The molecule has 3 aromatic heterocycles. The van der Waals surface area contributed by atoms with Gasteiger partial charge in [-0.1, -0.05) is 6.07 Å². The van der Waals surface area contributed by atoms with Gasteiger partial charge < -0.3 is 4.90 Å². The fourth-order valence-electron chi connectivity index (χ4n) is 3.38. The summed E-state index contributed by atoms with van der Waals surface area (Å²) in [5.41, 5.74) is 4.47. The molecular weight excluding hydrogens is 302 g/mol. The highest BCUT2D eigenvalue weighted by Crippen LogP contribution is 2.29. The first kappa shape index (κ1) is 14.8. The van der Waals surface area contributed by atoms with Crippen molar-refractivity contribution in [3.63, 3.8) is 0 Å². The van der Waals surface area contributed by atoms with E-state index in [2.05, 4.69) is 28.1 Å². The third-order valence-corrected chi connectivity index (χ3v) is 4.63. The average molecular weight is 321 g/mol. The minimum absolute atomic E-state index is 0.00237. The average Bonchev–Trinajstić information content (AvgIpc) is 3.21. The van der Waals surface area contributed by atoms with Gasteiger partial charge in [0, 0.05) is 43.3 Å². The molecule has 1 aliphatic heterocycles. The third-order valence-electron chi connectivity index (χ3n) is 4.63. The van der Waals surface area contributed by atoms with Crippen LogP contribution >= 0.6 is 0 Å². The fourth-order valence-corrected chi connectivity index (χ4v) is 3.38. The Hall–Kier alpha value is -2.76. The molecule has 1 amide bonds. The van der Waals surface area contributed by atoms with Gasteiger partial charge in [-0.3, -0.25) is 9.78 Å². The van der Waals surface area contributed by atoms with Crippen LogP contribution in [0.25, 0.3) is 5.65 Å². The molecule has 0 spiro atoms. The number of carbonyl (C=O) groups excluding carboxylic acids is 1. The second-order valence-corrected chi connectivity index (χ2v) is 6.40. The summed E-state index contributed by atoms with van der Waals surface area (Å²) in [4.78, 5) is 23.6. The van der Waals surface area contributed by atoms with Gasteiger partial charge in [-0.25, -0.2) is 9.50 Å². The number of amides is 1. The van der Waals surface area contributed by atoms with Crippen LogP contribution in [0.5, 0.6) is 0 Å². The van der Waals surface area contributed by atoms with E-state index in [9.17, 15) is 4.79 Å². The molecular formula is C18H19N5O. The number of aromatic nitrogens is 4. The molecule has 0 radical (unpaired) electrons. The lowest BCUT2D eigenvalue weighted by Crippen LogP contribution is -2.28. The number of aryl methyl sites for hydroxylation is 2. The molecule has 1 aliphatic rings. The first-order chi connectivity index (χ1) is 11.6. The second kappa shape index (κ2) is 5.70. The minimum atomic E-state index is -0.00237. The zero-order valence-corrected chi connectivity index (χ0v) is 13.8. The van der Waals surface area contributed by atoms with Crippen molar-refractivity contribution in [1.82, 2.24) is 24.5 Å². The highest BCUT2D eigenvalue weighted by atomic mass is 16.2. The van der Waals surface area contributed by atoms with Crippen LogP contribution in [0.2, 0.25) is 0 Å². The maximum atomic E-state index is 12.9. The van der Waals surface area contributed by atoms with Crippen LogP contribution in [0.3, 0.4) is 0 Å². The van der Waals surface area contributed by atoms with Gasteiger partial charge in [-0.15, -0.1) is 0 Å². The van der Waals surface area contributed by atoms with Gasteiger partial charge in [-0.2, -0.15) is 5.10 Å². The molecule has 4 rings (SSSR count). The molecule has 1 unspecified atom stereocenters. The van der Waals surface area contributed by atoms with Crippen molar-refractivity contribution in [1.29, 1.82) is 0 Å². The van der Waals surface area contributed by atoms with Crippen molar-refractivity contribution >= 4 is 11.6 Å². The standard InChI is InChI=1S/C18H19N5O/c1-12-8-20-17-15(9-21-23(17)10-12)18(24)22-7-5-14(11-22)16-13(2)4-3-6-19-16/h3-4,6,8-10,14H,5,7,11H2,1-2H3. The van der Waals surface area contributed by atoms with Crippen LogP contribution in [0.1, 0.15) is 39.5 Å². The van der Waals surface area contributed by atoms with Gasteiger partial charge in [0.25, 0.3) is 5.91 Å². The maximum absolute atomic E-state index is 12.9. The summed E-state index contributed by atoms with van der Waals surface area (Å²) in [5.74, 6) is 0.296. The Bertz CT molecular complexity index is 917. The predicted octanol–water partition coefficient (Wildman–Crippen LogP) is 2.37. The summed E-state index contributed by atoms with van der Waals surface area (Å²) in [7, 11) is 0. The molecule has 122 valence electrons. The Morgan fingerprint density at radius 3 is 2.96 bits per heavy atom. The molecule has 1 saturated heterocycles. The van der Waals surface area contributed by atoms with Gasteiger partial charge in [0.1, 0.15) is 5.56 Å². The summed E-state index contributed by atoms with van der Waals surface area (Å²) >= 11 is 0. The summed E-state index contributed by atoms with van der Waals surface area (Å²) in [6.45, 7) is 5.46. The first-order valence-corrected chi connectivity index (χ1v) is 8.14. The molecule has 3 aromatic rings. The number of carbonyl (C=O) groups is 1. The number of fused-ring (bicyclic) bond motifs is 1. The highest BCUT2D eigenvalue weighted by molar-refractivity contribution is 5.99. The number of likely N-dealkylation sites (tertiary alicyclic amines) is 1. The minimum Gasteiger partial charge on any atom is -0.338 e. The molecule has 0 saturated carbocycles. The van der Waals surface area contributed by atoms with Crippen LogP contribution in [-0.4, -0.2) is 43.5 Å². The van der Waals surface area contributed by atoms with Crippen LogP contribution in [0, 0.1) is 13.8 Å². The lowest BCUT2D eigenvalue weighted by Gasteiger charge is -2.16. The van der Waals surface area contributed by atoms with Gasteiger partial charge in [-0.05, 0) is 37.5 Å². The van der Waals surface area contributed by atoms with Gasteiger partial charge in [0.2, 0.25) is 0 Å². The van der Waals surface area contributed by atoms with E-state index in [0.29, 0.717) is 23.7 Å². The zero-order chi connectivity index (χ0) is 16.7. The number of hydrogen-bond acceptors (Lipinski definition) is 4. The quantitative estimate of drug-likeness (QED) is 0.727.